The van der Waals surface area contributed by atoms with Crippen LogP contribution in [0.3, 0.4) is 0 Å². The molecule has 2 bridgehead atoms. The summed E-state index contributed by atoms with van der Waals surface area (Å²) in [5.74, 6) is 0. The first-order valence-corrected chi connectivity index (χ1v) is 31.6. The molecule has 9 rings (SSSR count). The number of benzene rings is 5. The maximum atomic E-state index is 2.52. The molecule has 0 saturated heterocycles. The third-order valence-electron chi connectivity index (χ3n) is 17.1. The summed E-state index contributed by atoms with van der Waals surface area (Å²) in [6, 6.07) is 34.5. The summed E-state index contributed by atoms with van der Waals surface area (Å²) >= 11 is 0. The summed E-state index contributed by atoms with van der Waals surface area (Å²) in [7, 11) is 1.92. The molecule has 3 atom stereocenters. The lowest BCUT2D eigenvalue weighted by Crippen LogP contribution is -2.42. The van der Waals surface area contributed by atoms with Gasteiger partial charge in [-0.25, -0.2) is 0 Å². The lowest BCUT2D eigenvalue weighted by atomic mass is 9.84. The van der Waals surface area contributed by atoms with Gasteiger partial charge < -0.3 is 4.90 Å². The molecule has 0 N–H and O–H groups in total. The number of allylic oxidation sites excluding steroid dienone is 2. The molecule has 0 aromatic heterocycles. The molecular formula is C62H86N2Si2. The molecule has 0 amide bonds. The van der Waals surface area contributed by atoms with Gasteiger partial charge in [0.25, 0.3) is 0 Å². The van der Waals surface area contributed by atoms with Crippen molar-refractivity contribution in [1.29, 1.82) is 0 Å². The molecule has 2 nitrogen and oxygen atoms in total. The first-order valence-electron chi connectivity index (χ1n) is 25.2. The predicted molar refractivity (Wildman–Crippen MR) is 298 cm³/mol. The van der Waals surface area contributed by atoms with Gasteiger partial charge in [0.1, 0.15) is 0 Å². The monoisotopic (exact) mass is 915 g/mol. The van der Waals surface area contributed by atoms with E-state index in [9.17, 15) is 0 Å². The maximum absolute atomic E-state index is 2.52. The zero-order valence-electron chi connectivity index (χ0n) is 44.5. The molecule has 0 spiro atoms. The number of fused-ring (bicyclic) bond motifs is 6. The number of hydrogen-bond acceptors (Lipinski definition) is 2. The lowest BCUT2D eigenvalue weighted by Gasteiger charge is -2.27. The Hall–Kier alpha value is -4.23. The van der Waals surface area contributed by atoms with Crippen molar-refractivity contribution in [1.82, 2.24) is 4.90 Å². The first-order chi connectivity index (χ1) is 31.0. The van der Waals surface area contributed by atoms with Crippen molar-refractivity contribution in [3.8, 4) is 0 Å². The van der Waals surface area contributed by atoms with Gasteiger partial charge in [-0.15, -0.1) is 0 Å². The van der Waals surface area contributed by atoms with Gasteiger partial charge in [0, 0.05) is 36.7 Å². The van der Waals surface area contributed by atoms with Crippen molar-refractivity contribution >= 4 is 32.2 Å². The predicted octanol–water partition coefficient (Wildman–Crippen LogP) is 14.9. The Kier molecular flexibility index (Phi) is 15.9. The third-order valence-corrected chi connectivity index (χ3v) is 24.1. The van der Waals surface area contributed by atoms with Crippen LogP contribution in [-0.2, 0) is 17.3 Å². The molecule has 5 aromatic rings. The average Bonchev–Trinajstić information content (AvgIpc) is 4.06. The van der Waals surface area contributed by atoms with Gasteiger partial charge >= 0.3 is 0 Å². The van der Waals surface area contributed by atoms with Crippen LogP contribution in [0.4, 0.5) is 5.69 Å². The van der Waals surface area contributed by atoms with E-state index in [1.807, 2.05) is 0 Å². The van der Waals surface area contributed by atoms with Crippen molar-refractivity contribution in [2.45, 2.75) is 157 Å². The Balaban J connectivity index is 0.000000148. The molecule has 0 fully saturated rings. The number of rotatable bonds is 8. The maximum Gasteiger partial charge on any atom is 0.0806 e. The molecule has 4 heteroatoms. The minimum Gasteiger partial charge on any atom is -0.374 e. The Bertz CT molecular complexity index is 2430. The fourth-order valence-corrected chi connectivity index (χ4v) is 16.8. The second-order valence-corrected chi connectivity index (χ2v) is 32.1. The van der Waals surface area contributed by atoms with Crippen molar-refractivity contribution in [2.75, 3.05) is 32.1 Å². The van der Waals surface area contributed by atoms with E-state index in [-0.39, 0.29) is 0 Å². The Morgan fingerprint density at radius 1 is 0.530 bits per heavy atom. The second kappa shape index (κ2) is 20.6. The fourth-order valence-electron chi connectivity index (χ4n) is 11.8. The van der Waals surface area contributed by atoms with Crippen LogP contribution in [0.2, 0.25) is 38.3 Å². The fraction of sp³-hybridized carbons (Fsp3) is 0.452. The van der Waals surface area contributed by atoms with Crippen molar-refractivity contribution in [2.24, 2.45) is 0 Å². The quantitative estimate of drug-likeness (QED) is 0.0869. The van der Waals surface area contributed by atoms with E-state index in [1.54, 1.807) is 27.1 Å². The second-order valence-electron chi connectivity index (χ2n) is 22.4. The van der Waals surface area contributed by atoms with Gasteiger partial charge in [0.05, 0.1) is 22.2 Å². The number of likely N-dealkylation sites (N-methyl/N-ethyl adjacent to an activating group) is 2. The highest BCUT2D eigenvalue weighted by Gasteiger charge is 2.48. The van der Waals surface area contributed by atoms with Gasteiger partial charge in [-0.3, -0.25) is 4.90 Å². The van der Waals surface area contributed by atoms with Crippen LogP contribution in [-0.4, -0.2) is 48.2 Å². The van der Waals surface area contributed by atoms with E-state index in [2.05, 4.69) is 235 Å². The van der Waals surface area contributed by atoms with E-state index in [0.29, 0.717) is 16.9 Å². The van der Waals surface area contributed by atoms with E-state index in [0.717, 1.165) is 6.54 Å². The summed E-state index contributed by atoms with van der Waals surface area (Å²) < 4.78 is 0. The summed E-state index contributed by atoms with van der Waals surface area (Å²) in [4.78, 5) is 4.80. The third kappa shape index (κ3) is 10.6. The van der Waals surface area contributed by atoms with Gasteiger partial charge in [-0.05, 0) is 155 Å². The number of hydrogen-bond donors (Lipinski definition) is 0. The van der Waals surface area contributed by atoms with E-state index in [1.165, 1.54) is 106 Å². The molecule has 3 unspecified atom stereocenters. The zero-order valence-corrected chi connectivity index (χ0v) is 46.5. The Morgan fingerprint density at radius 3 is 1.38 bits per heavy atom. The van der Waals surface area contributed by atoms with E-state index < -0.39 is 16.1 Å². The molecule has 2 aliphatic heterocycles. The first kappa shape index (κ1) is 51.2. The van der Waals surface area contributed by atoms with Crippen LogP contribution in [0, 0.1) is 62.3 Å². The van der Waals surface area contributed by atoms with Gasteiger partial charge in [-0.2, -0.15) is 0 Å². The minimum atomic E-state index is -1.24. The van der Waals surface area contributed by atoms with E-state index >= 15 is 0 Å². The Morgan fingerprint density at radius 2 is 0.939 bits per heavy atom. The molecule has 2 aliphatic carbocycles. The van der Waals surface area contributed by atoms with Gasteiger partial charge in [0.2, 0.25) is 0 Å². The topological polar surface area (TPSA) is 6.48 Å². The molecule has 66 heavy (non-hydrogen) atoms. The van der Waals surface area contributed by atoms with Crippen LogP contribution < -0.4 is 15.3 Å². The largest absolute Gasteiger partial charge is 0.374 e. The number of unbranched alkanes of at least 4 members (excludes halogenated alkanes) is 1. The Labute approximate surface area is 405 Å². The molecule has 0 radical (unpaired) electrons. The summed E-state index contributed by atoms with van der Waals surface area (Å²) in [5.41, 5.74) is 21.5. The molecular weight excluding hydrogens is 829 g/mol. The highest BCUT2D eigenvalue weighted by molar-refractivity contribution is 6.90. The van der Waals surface area contributed by atoms with Crippen LogP contribution >= 0.6 is 0 Å². The zero-order chi connectivity index (χ0) is 48.4. The number of nitrogens with zero attached hydrogens (tertiary/aromatic N) is 2. The lowest BCUT2D eigenvalue weighted by molar-refractivity contribution is 0.338. The highest BCUT2D eigenvalue weighted by Crippen LogP contribution is 2.55. The van der Waals surface area contributed by atoms with Gasteiger partial charge in [0.15, 0.2) is 0 Å². The average molecular weight is 916 g/mol. The number of anilines is 1. The molecule has 0 saturated carbocycles. The highest BCUT2D eigenvalue weighted by atomic mass is 28.3. The van der Waals surface area contributed by atoms with Crippen LogP contribution in [0.25, 0.3) is 0 Å². The van der Waals surface area contributed by atoms with Crippen molar-refractivity contribution in [3.63, 3.8) is 0 Å². The summed E-state index contributed by atoms with van der Waals surface area (Å²) in [5, 5.41) is 3.21. The van der Waals surface area contributed by atoms with Crippen LogP contribution in [0.15, 0.2) is 109 Å². The van der Waals surface area contributed by atoms with Crippen molar-refractivity contribution in [3.05, 3.63) is 182 Å². The molecule has 352 valence electrons. The van der Waals surface area contributed by atoms with Crippen LogP contribution in [0.5, 0.6) is 0 Å². The summed E-state index contributed by atoms with van der Waals surface area (Å²) in [6.07, 6.45) is 14.6. The standard InChI is InChI=1S/C20H30Si2.C16H23N.C13H19N.C13H14/c1-21(2,19-13-7-5-8-14-19)17-11-12-18-22(3,4)20-15-9-6-10-16-20;1-10-11(2)13(4)16(14(5)12(10)3)15-8-7-9-17(15)6;1-8-9(2)11(4)13-12(10(8)3)6-7-14(13)5;1-12-7-8-13(2,9-12)11-6-4-3-5-10(11)12/h5-10,13-16H,11-12,17-18H2,1-4H3;7-8,15H,9H2,1-6H3;6-7H2,1-5H3;3-8H,9H2,1-2H3. The molecule has 4 aliphatic rings. The van der Waals surface area contributed by atoms with Gasteiger partial charge in [-0.1, -0.05) is 185 Å². The van der Waals surface area contributed by atoms with Crippen molar-refractivity contribution < 1.29 is 0 Å². The molecule has 5 aromatic carbocycles. The summed E-state index contributed by atoms with van der Waals surface area (Å²) in [6.45, 7) is 37.3. The SMILES string of the molecule is CC12C=CC(C)(C1)c1ccccc12.C[Si](C)(CCCC[Si](C)(C)c1ccccc1)c1ccccc1.Cc1c(C)c(C)c(C2C=CCN2C)c(C)c1C.Cc1c(C)c(C)c2c(c1C)CCN2C. The minimum absolute atomic E-state index is 0.325. The van der Waals surface area contributed by atoms with Crippen LogP contribution in [0.1, 0.15) is 111 Å². The molecule has 2 heterocycles. The normalized spacial score (nSPS) is 20.3. The van der Waals surface area contributed by atoms with E-state index in [4.69, 9.17) is 0 Å². The smallest absolute Gasteiger partial charge is 0.0806 e.